The summed E-state index contributed by atoms with van der Waals surface area (Å²) in [5.74, 6) is -2.27. The summed E-state index contributed by atoms with van der Waals surface area (Å²) < 4.78 is 17.5. The van der Waals surface area contributed by atoms with Crippen molar-refractivity contribution < 1.29 is 49.0 Å². The number of fused-ring (bicyclic) bond motifs is 1. The highest BCUT2D eigenvalue weighted by molar-refractivity contribution is 6.33. The van der Waals surface area contributed by atoms with Crippen molar-refractivity contribution in [3.05, 3.63) is 57.2 Å². The number of hydrogen-bond donors (Lipinski definition) is 5. The van der Waals surface area contributed by atoms with E-state index in [2.05, 4.69) is 4.90 Å². The van der Waals surface area contributed by atoms with E-state index in [0.717, 1.165) is 18.5 Å². The molecule has 0 aliphatic carbocycles. The molecule has 1 aliphatic rings. The van der Waals surface area contributed by atoms with Crippen molar-refractivity contribution in [3.8, 4) is 22.8 Å². The number of halogens is 1. The number of aliphatic carboxylic acids is 2. The summed E-state index contributed by atoms with van der Waals surface area (Å²) in [5, 5.41) is 43.4. The van der Waals surface area contributed by atoms with Gasteiger partial charge in [-0.15, -0.1) is 0 Å². The predicted octanol–water partition coefficient (Wildman–Crippen LogP) is 1.79. The number of aliphatic hydroxyl groups excluding tert-OH is 3. The fourth-order valence-electron chi connectivity index (χ4n) is 4.65. The van der Waals surface area contributed by atoms with E-state index in [4.69, 9.17) is 45.9 Å². The summed E-state index contributed by atoms with van der Waals surface area (Å²) in [6, 6.07) is 10.3. The van der Waals surface area contributed by atoms with Crippen LogP contribution in [-0.4, -0.2) is 95.0 Å². The lowest BCUT2D eigenvalue weighted by molar-refractivity contribution is -0.165. The molecule has 0 bridgehead atoms. The smallest absolute Gasteiger partial charge is 0.335 e. The van der Waals surface area contributed by atoms with Crippen LogP contribution in [0.2, 0.25) is 5.02 Å². The zero-order chi connectivity index (χ0) is 29.7. The minimum absolute atomic E-state index is 0.00766. The zero-order valence-electron chi connectivity index (χ0n) is 21.9. The second kappa shape index (κ2) is 13.1. The standard InChI is InChI=1S/C23H24ClNO5.C4H6O6/c1-25-9-8-14(16(25)12-26)21-19(28-2)11-20(29-3)22-17(27)10-18(30-23(21)22)13-6-4-5-7-15(13)24;5-1(3(7)8)2(6)4(9)10/h4-7,10-11,14,16,26H,8-9,12H2,1-3H3;1-2,5-6H,(H,7,8)(H,9,10)/t14-,16+;/m0./s1. The highest BCUT2D eigenvalue weighted by atomic mass is 35.5. The van der Waals surface area contributed by atoms with E-state index in [-0.39, 0.29) is 24.0 Å². The van der Waals surface area contributed by atoms with Crippen LogP contribution in [0, 0.1) is 0 Å². The quantitative estimate of drug-likeness (QED) is 0.261. The van der Waals surface area contributed by atoms with Gasteiger partial charge in [-0.1, -0.05) is 23.7 Å². The molecule has 2 aromatic carbocycles. The molecule has 0 amide bonds. The summed E-state index contributed by atoms with van der Waals surface area (Å²) in [6.07, 6.45) is -3.73. The summed E-state index contributed by atoms with van der Waals surface area (Å²) in [5.41, 5.74) is 1.59. The van der Waals surface area contributed by atoms with Crippen LogP contribution in [0.1, 0.15) is 17.9 Å². The second-order valence-corrected chi connectivity index (χ2v) is 9.45. The second-order valence-electron chi connectivity index (χ2n) is 9.05. The molecule has 0 saturated carbocycles. The van der Waals surface area contributed by atoms with Gasteiger partial charge in [0.1, 0.15) is 28.2 Å². The Bertz CT molecular complexity index is 1420. The molecule has 5 N–H and O–H groups in total. The number of carboxylic acid groups (broad SMARTS) is 2. The third-order valence-corrected chi connectivity index (χ3v) is 7.06. The van der Waals surface area contributed by atoms with Crippen LogP contribution in [0.5, 0.6) is 11.5 Å². The van der Waals surface area contributed by atoms with E-state index in [1.165, 1.54) is 13.2 Å². The number of likely N-dealkylation sites (tertiary alicyclic amines) is 1. The molecule has 12 nitrogen and oxygen atoms in total. The molecular weight excluding hydrogens is 550 g/mol. The van der Waals surface area contributed by atoms with Gasteiger partial charge >= 0.3 is 11.9 Å². The van der Waals surface area contributed by atoms with Crippen LogP contribution in [-0.2, 0) is 9.59 Å². The molecule has 1 aliphatic heterocycles. The van der Waals surface area contributed by atoms with Gasteiger partial charge in [0.15, 0.2) is 17.6 Å². The van der Waals surface area contributed by atoms with Gasteiger partial charge in [0.2, 0.25) is 0 Å². The number of carboxylic acids is 2. The molecule has 2 unspecified atom stereocenters. The number of carbonyl (C=O) groups is 2. The third kappa shape index (κ3) is 6.21. The molecule has 1 saturated heterocycles. The Morgan fingerprint density at radius 2 is 1.68 bits per heavy atom. The van der Waals surface area contributed by atoms with Crippen LogP contribution < -0.4 is 14.9 Å². The molecule has 4 atom stereocenters. The van der Waals surface area contributed by atoms with Crippen molar-refractivity contribution in [2.45, 2.75) is 30.6 Å². The SMILES string of the molecule is COc1cc(OC)c2c(=O)cc(-c3ccccc3Cl)oc2c1[C@H]1CCN(C)[C@@H]1CO.O=C(O)C(O)C(O)C(=O)O. The van der Waals surface area contributed by atoms with E-state index < -0.39 is 24.1 Å². The van der Waals surface area contributed by atoms with E-state index in [9.17, 15) is 19.5 Å². The number of nitrogens with zero attached hydrogens (tertiary/aromatic N) is 1. The number of hydrogen-bond acceptors (Lipinski definition) is 10. The Hall–Kier alpha value is -3.68. The number of aliphatic hydroxyl groups is 3. The molecule has 0 spiro atoms. The fourth-order valence-corrected chi connectivity index (χ4v) is 4.88. The van der Waals surface area contributed by atoms with Gasteiger partial charge in [-0.3, -0.25) is 4.79 Å². The van der Waals surface area contributed by atoms with Crippen LogP contribution in [0.25, 0.3) is 22.3 Å². The number of rotatable bonds is 8. The maximum Gasteiger partial charge on any atom is 0.335 e. The Morgan fingerprint density at radius 3 is 2.20 bits per heavy atom. The first-order valence-electron chi connectivity index (χ1n) is 12.1. The molecule has 2 heterocycles. The van der Waals surface area contributed by atoms with E-state index in [1.54, 1.807) is 19.2 Å². The normalized spacial score (nSPS) is 18.5. The topological polar surface area (TPSA) is 187 Å². The lowest BCUT2D eigenvalue weighted by Gasteiger charge is -2.25. The Balaban J connectivity index is 0.000000378. The number of ether oxygens (including phenoxy) is 2. The van der Waals surface area contributed by atoms with Crippen molar-refractivity contribution in [3.63, 3.8) is 0 Å². The molecule has 216 valence electrons. The summed E-state index contributed by atoms with van der Waals surface area (Å²) in [6.45, 7) is 0.813. The van der Waals surface area contributed by atoms with Gasteiger partial charge in [-0.25, -0.2) is 9.59 Å². The molecule has 0 radical (unpaired) electrons. The molecule has 1 aromatic heterocycles. The van der Waals surface area contributed by atoms with E-state index in [0.29, 0.717) is 38.8 Å². The number of methoxy groups -OCH3 is 2. The summed E-state index contributed by atoms with van der Waals surface area (Å²) in [4.78, 5) is 34.8. The molecule has 13 heteroatoms. The number of benzene rings is 2. The van der Waals surface area contributed by atoms with Gasteiger partial charge < -0.3 is 44.3 Å². The number of likely N-dealkylation sites (N-methyl/N-ethyl adjacent to an activating group) is 1. The average molecular weight is 580 g/mol. The molecule has 4 rings (SSSR count). The molecule has 3 aromatic rings. The largest absolute Gasteiger partial charge is 0.496 e. The summed E-state index contributed by atoms with van der Waals surface area (Å²) in [7, 11) is 5.06. The first kappa shape index (κ1) is 30.9. The van der Waals surface area contributed by atoms with Crippen LogP contribution in [0.3, 0.4) is 0 Å². The van der Waals surface area contributed by atoms with Crippen molar-refractivity contribution in [1.29, 1.82) is 0 Å². The third-order valence-electron chi connectivity index (χ3n) is 6.73. The van der Waals surface area contributed by atoms with Crippen LogP contribution in [0.4, 0.5) is 0 Å². The molecule has 1 fully saturated rings. The van der Waals surface area contributed by atoms with Gasteiger partial charge in [-0.05, 0) is 32.1 Å². The van der Waals surface area contributed by atoms with E-state index in [1.807, 2.05) is 25.2 Å². The maximum atomic E-state index is 13.2. The van der Waals surface area contributed by atoms with Gasteiger partial charge in [-0.2, -0.15) is 0 Å². The van der Waals surface area contributed by atoms with Gasteiger partial charge in [0.25, 0.3) is 0 Å². The molecular formula is C27H30ClNO11. The average Bonchev–Trinajstić information content (AvgIpc) is 3.30. The first-order valence-corrected chi connectivity index (χ1v) is 12.4. The van der Waals surface area contributed by atoms with E-state index >= 15 is 0 Å². The Labute approximate surface area is 233 Å². The van der Waals surface area contributed by atoms with Crippen molar-refractivity contribution in [2.24, 2.45) is 0 Å². The van der Waals surface area contributed by atoms with Crippen molar-refractivity contribution in [1.82, 2.24) is 4.90 Å². The van der Waals surface area contributed by atoms with Crippen LogP contribution in [0.15, 0.2) is 45.6 Å². The van der Waals surface area contributed by atoms with Gasteiger partial charge in [0, 0.05) is 35.2 Å². The lowest BCUT2D eigenvalue weighted by Crippen LogP contribution is -2.39. The Morgan fingerprint density at radius 1 is 1.07 bits per heavy atom. The maximum absolute atomic E-state index is 13.2. The molecule has 40 heavy (non-hydrogen) atoms. The predicted molar refractivity (Wildman–Crippen MR) is 144 cm³/mol. The minimum atomic E-state index is -2.27. The van der Waals surface area contributed by atoms with Crippen molar-refractivity contribution in [2.75, 3.05) is 34.4 Å². The van der Waals surface area contributed by atoms with Gasteiger partial charge in [0.05, 0.1) is 25.8 Å². The minimum Gasteiger partial charge on any atom is -0.496 e. The highest BCUT2D eigenvalue weighted by Crippen LogP contribution is 2.45. The fraction of sp³-hybridized carbons (Fsp3) is 0.370. The lowest BCUT2D eigenvalue weighted by atomic mass is 9.89. The Kier molecular flexibility index (Phi) is 10.1. The zero-order valence-corrected chi connectivity index (χ0v) is 22.7. The highest BCUT2D eigenvalue weighted by Gasteiger charge is 2.37. The summed E-state index contributed by atoms with van der Waals surface area (Å²) >= 11 is 6.36. The monoisotopic (exact) mass is 579 g/mol. The van der Waals surface area contributed by atoms with Crippen molar-refractivity contribution >= 4 is 34.5 Å². The first-order chi connectivity index (χ1) is 19.0. The van der Waals surface area contributed by atoms with Crippen LogP contribution >= 0.6 is 11.6 Å².